The van der Waals surface area contributed by atoms with Gasteiger partial charge >= 0.3 is 6.18 Å². The fourth-order valence-corrected chi connectivity index (χ4v) is 1.26. The van der Waals surface area contributed by atoms with Crippen LogP contribution in [0, 0.1) is 12.3 Å². The van der Waals surface area contributed by atoms with Crippen molar-refractivity contribution in [3.8, 4) is 12.3 Å². The number of hydrogen-bond donors (Lipinski definition) is 1. The summed E-state index contributed by atoms with van der Waals surface area (Å²) in [6, 6.07) is 4.65. The zero-order chi connectivity index (χ0) is 12.9. The molecule has 0 spiro atoms. The van der Waals surface area contributed by atoms with Gasteiger partial charge in [-0.3, -0.25) is 4.79 Å². The summed E-state index contributed by atoms with van der Waals surface area (Å²) in [5, 5.41) is 2.38. The molecule has 0 saturated heterocycles. The van der Waals surface area contributed by atoms with Crippen molar-refractivity contribution in [3.05, 3.63) is 35.4 Å². The number of nitrogens with one attached hydrogen (secondary N) is 1. The Labute approximate surface area is 96.8 Å². The van der Waals surface area contributed by atoms with Crippen molar-refractivity contribution in [1.82, 2.24) is 5.32 Å². The van der Waals surface area contributed by atoms with Crippen LogP contribution >= 0.6 is 0 Å². The van der Waals surface area contributed by atoms with Gasteiger partial charge in [0.25, 0.3) is 0 Å². The second kappa shape index (κ2) is 5.39. The van der Waals surface area contributed by atoms with Crippen LogP contribution in [0.4, 0.5) is 13.2 Å². The van der Waals surface area contributed by atoms with Gasteiger partial charge in [0.1, 0.15) is 0 Å². The molecule has 0 unspecified atom stereocenters. The molecule has 0 atom stereocenters. The van der Waals surface area contributed by atoms with E-state index < -0.39 is 17.6 Å². The Balaban J connectivity index is 2.73. The zero-order valence-electron chi connectivity index (χ0n) is 8.84. The number of hydrogen-bond acceptors (Lipinski definition) is 1. The zero-order valence-corrected chi connectivity index (χ0v) is 8.84. The van der Waals surface area contributed by atoms with E-state index in [1.54, 1.807) is 0 Å². The van der Waals surface area contributed by atoms with Gasteiger partial charge < -0.3 is 5.32 Å². The number of carbonyl (C=O) groups excluding carboxylic acids is 1. The number of carbonyl (C=O) groups is 1. The van der Waals surface area contributed by atoms with Crippen LogP contribution in [0.5, 0.6) is 0 Å². The second-order valence-electron chi connectivity index (χ2n) is 3.36. The predicted octanol–water partition coefficient (Wildman–Crippen LogP) is 2.00. The normalized spacial score (nSPS) is 10.7. The quantitative estimate of drug-likeness (QED) is 0.806. The molecule has 0 fully saturated rings. The number of benzene rings is 1. The van der Waals surface area contributed by atoms with E-state index in [0.717, 1.165) is 12.1 Å². The SMILES string of the molecule is C#CCNC(=O)Cc1cccc(C(F)(F)F)c1. The minimum atomic E-state index is -4.40. The van der Waals surface area contributed by atoms with E-state index in [-0.39, 0.29) is 13.0 Å². The lowest BCUT2D eigenvalue weighted by molar-refractivity contribution is -0.137. The van der Waals surface area contributed by atoms with E-state index in [4.69, 9.17) is 6.42 Å². The molecule has 0 aliphatic carbocycles. The van der Waals surface area contributed by atoms with Gasteiger partial charge in [-0.25, -0.2) is 0 Å². The van der Waals surface area contributed by atoms with Gasteiger partial charge in [-0.1, -0.05) is 24.1 Å². The summed E-state index contributed by atoms with van der Waals surface area (Å²) in [5.41, 5.74) is -0.464. The van der Waals surface area contributed by atoms with E-state index in [0.29, 0.717) is 5.56 Å². The number of rotatable bonds is 3. The molecule has 90 valence electrons. The molecule has 17 heavy (non-hydrogen) atoms. The lowest BCUT2D eigenvalue weighted by Crippen LogP contribution is -2.25. The average Bonchev–Trinajstić information content (AvgIpc) is 2.25. The van der Waals surface area contributed by atoms with Gasteiger partial charge in [0.2, 0.25) is 5.91 Å². The third-order valence-corrected chi connectivity index (χ3v) is 2.01. The first kappa shape index (κ1) is 13.1. The van der Waals surface area contributed by atoms with Crippen molar-refractivity contribution in [2.75, 3.05) is 6.54 Å². The molecule has 0 aliphatic heterocycles. The maximum Gasteiger partial charge on any atom is 0.416 e. The first-order valence-electron chi connectivity index (χ1n) is 4.80. The van der Waals surface area contributed by atoms with Crippen molar-refractivity contribution >= 4 is 5.91 Å². The van der Waals surface area contributed by atoms with Gasteiger partial charge in [-0.15, -0.1) is 6.42 Å². The van der Waals surface area contributed by atoms with Crippen LogP contribution in [0.1, 0.15) is 11.1 Å². The molecule has 1 N–H and O–H groups in total. The van der Waals surface area contributed by atoms with Crippen molar-refractivity contribution in [3.63, 3.8) is 0 Å². The number of terminal acetylenes is 1. The van der Waals surface area contributed by atoms with Crippen LogP contribution in [0.2, 0.25) is 0 Å². The Morgan fingerprint density at radius 3 is 2.71 bits per heavy atom. The van der Waals surface area contributed by atoms with Crippen molar-refractivity contribution in [1.29, 1.82) is 0 Å². The van der Waals surface area contributed by atoms with E-state index in [1.165, 1.54) is 12.1 Å². The van der Waals surface area contributed by atoms with Crippen molar-refractivity contribution < 1.29 is 18.0 Å². The molecule has 1 rings (SSSR count). The highest BCUT2D eigenvalue weighted by Crippen LogP contribution is 2.29. The molecule has 1 aromatic carbocycles. The van der Waals surface area contributed by atoms with E-state index in [9.17, 15) is 18.0 Å². The first-order valence-corrected chi connectivity index (χ1v) is 4.80. The maximum atomic E-state index is 12.4. The minimum absolute atomic E-state index is 0.0673. The van der Waals surface area contributed by atoms with Gasteiger partial charge in [-0.05, 0) is 11.6 Å². The topological polar surface area (TPSA) is 29.1 Å². The highest BCUT2D eigenvalue weighted by molar-refractivity contribution is 5.78. The van der Waals surface area contributed by atoms with Crippen LogP contribution in [0.15, 0.2) is 24.3 Å². The summed E-state index contributed by atoms with van der Waals surface area (Å²) < 4.78 is 37.1. The van der Waals surface area contributed by atoms with Gasteiger partial charge in [0.15, 0.2) is 0 Å². The Bertz CT molecular complexity index is 446. The molecule has 0 heterocycles. The van der Waals surface area contributed by atoms with Gasteiger partial charge in [-0.2, -0.15) is 13.2 Å². The summed E-state index contributed by atoms with van der Waals surface area (Å²) in [7, 11) is 0. The van der Waals surface area contributed by atoms with E-state index in [2.05, 4.69) is 11.2 Å². The summed E-state index contributed by atoms with van der Waals surface area (Å²) >= 11 is 0. The molecule has 0 bridgehead atoms. The minimum Gasteiger partial charge on any atom is -0.345 e. The average molecular weight is 241 g/mol. The fourth-order valence-electron chi connectivity index (χ4n) is 1.26. The molecule has 2 nitrogen and oxygen atoms in total. The summed E-state index contributed by atoms with van der Waals surface area (Å²) in [4.78, 5) is 11.2. The predicted molar refractivity (Wildman–Crippen MR) is 57.0 cm³/mol. The summed E-state index contributed by atoms with van der Waals surface area (Å²) in [6.07, 6.45) is 0.421. The highest BCUT2D eigenvalue weighted by Gasteiger charge is 2.30. The summed E-state index contributed by atoms with van der Waals surface area (Å²) in [5.74, 6) is 1.81. The first-order chi connectivity index (χ1) is 7.93. The molecule has 0 aromatic heterocycles. The Morgan fingerprint density at radius 1 is 1.41 bits per heavy atom. The smallest absolute Gasteiger partial charge is 0.345 e. The third-order valence-electron chi connectivity index (χ3n) is 2.01. The van der Waals surface area contributed by atoms with Crippen LogP contribution < -0.4 is 5.32 Å². The molecule has 0 radical (unpaired) electrons. The molecule has 5 heteroatoms. The highest BCUT2D eigenvalue weighted by atomic mass is 19.4. The van der Waals surface area contributed by atoms with Crippen molar-refractivity contribution in [2.24, 2.45) is 0 Å². The Kier molecular flexibility index (Phi) is 4.16. The number of alkyl halides is 3. The van der Waals surface area contributed by atoms with Crippen LogP contribution in [0.3, 0.4) is 0 Å². The van der Waals surface area contributed by atoms with Crippen molar-refractivity contribution in [2.45, 2.75) is 12.6 Å². The largest absolute Gasteiger partial charge is 0.416 e. The fraction of sp³-hybridized carbons (Fsp3) is 0.250. The lowest BCUT2D eigenvalue weighted by Gasteiger charge is -2.08. The van der Waals surface area contributed by atoms with Gasteiger partial charge in [0, 0.05) is 0 Å². The lowest BCUT2D eigenvalue weighted by atomic mass is 10.1. The van der Waals surface area contributed by atoms with E-state index in [1.807, 2.05) is 0 Å². The number of amides is 1. The Hall–Kier alpha value is -1.96. The summed E-state index contributed by atoms with van der Waals surface area (Å²) in [6.45, 7) is 0.0673. The third kappa shape index (κ3) is 4.19. The van der Waals surface area contributed by atoms with E-state index >= 15 is 0 Å². The standard InChI is InChI=1S/C12H10F3NO/c1-2-6-16-11(17)8-9-4-3-5-10(7-9)12(13,14)15/h1,3-5,7H,6,8H2,(H,16,17). The Morgan fingerprint density at radius 2 is 2.12 bits per heavy atom. The molecule has 0 saturated carbocycles. The monoisotopic (exact) mass is 241 g/mol. The molecular formula is C12H10F3NO. The number of halogens is 3. The molecule has 1 amide bonds. The maximum absolute atomic E-state index is 12.4. The van der Waals surface area contributed by atoms with Crippen LogP contribution in [0.25, 0.3) is 0 Å². The molecule has 1 aromatic rings. The second-order valence-corrected chi connectivity index (χ2v) is 3.36. The molecular weight excluding hydrogens is 231 g/mol. The van der Waals surface area contributed by atoms with Crippen LogP contribution in [-0.2, 0) is 17.4 Å². The van der Waals surface area contributed by atoms with Crippen LogP contribution in [-0.4, -0.2) is 12.5 Å². The molecule has 0 aliphatic rings. The van der Waals surface area contributed by atoms with Gasteiger partial charge in [0.05, 0.1) is 18.5 Å².